The van der Waals surface area contributed by atoms with E-state index < -0.39 is 0 Å². The number of rotatable bonds is 3. The van der Waals surface area contributed by atoms with Crippen molar-refractivity contribution in [3.63, 3.8) is 0 Å². The van der Waals surface area contributed by atoms with Crippen LogP contribution < -0.4 is 5.32 Å². The molecule has 0 radical (unpaired) electrons. The first-order valence-electron chi connectivity index (χ1n) is 6.70. The van der Waals surface area contributed by atoms with Crippen LogP contribution >= 0.6 is 11.6 Å². The molecule has 0 amide bonds. The van der Waals surface area contributed by atoms with E-state index in [1.165, 1.54) is 36.8 Å². The molecule has 0 bridgehead atoms. The van der Waals surface area contributed by atoms with Crippen LogP contribution in [-0.4, -0.2) is 12.6 Å². The van der Waals surface area contributed by atoms with Crippen LogP contribution in [0.5, 0.6) is 0 Å². The summed E-state index contributed by atoms with van der Waals surface area (Å²) in [7, 11) is 0. The molecule has 0 heterocycles. The molecule has 2 heteroatoms. The van der Waals surface area contributed by atoms with E-state index in [0.717, 1.165) is 11.6 Å². The predicted octanol–water partition coefficient (Wildman–Crippen LogP) is 4.28. The lowest BCUT2D eigenvalue weighted by atomic mass is 9.81. The van der Waals surface area contributed by atoms with Gasteiger partial charge in [0.05, 0.1) is 0 Å². The molecule has 0 aromatic heterocycles. The molecule has 94 valence electrons. The molecule has 2 atom stereocenters. The minimum absolute atomic E-state index is 0.686. The van der Waals surface area contributed by atoms with Crippen LogP contribution in [0.1, 0.15) is 49.7 Å². The summed E-state index contributed by atoms with van der Waals surface area (Å²) in [6, 6.07) is 7.25. The van der Waals surface area contributed by atoms with Crippen molar-refractivity contribution in [3.05, 3.63) is 34.3 Å². The van der Waals surface area contributed by atoms with Gasteiger partial charge in [0.25, 0.3) is 0 Å². The molecule has 1 N–H and O–H groups in total. The highest BCUT2D eigenvalue weighted by Gasteiger charge is 2.22. The highest BCUT2D eigenvalue weighted by molar-refractivity contribution is 6.31. The zero-order chi connectivity index (χ0) is 12.3. The van der Waals surface area contributed by atoms with Crippen molar-refractivity contribution in [2.45, 2.75) is 51.5 Å². The number of hydrogen-bond donors (Lipinski definition) is 1. The normalized spacial score (nSPS) is 24.9. The molecule has 0 saturated heterocycles. The Labute approximate surface area is 110 Å². The van der Waals surface area contributed by atoms with Crippen LogP contribution in [0.3, 0.4) is 0 Å². The van der Waals surface area contributed by atoms with Gasteiger partial charge in [0.15, 0.2) is 0 Å². The van der Waals surface area contributed by atoms with E-state index in [2.05, 4.69) is 37.4 Å². The molecule has 1 aliphatic rings. The van der Waals surface area contributed by atoms with Gasteiger partial charge >= 0.3 is 0 Å². The van der Waals surface area contributed by atoms with Gasteiger partial charge in [-0.2, -0.15) is 0 Å². The smallest absolute Gasteiger partial charge is 0.0438 e. The average Bonchev–Trinajstić information content (AvgIpc) is 2.33. The van der Waals surface area contributed by atoms with Crippen LogP contribution in [0.4, 0.5) is 0 Å². The third-order valence-corrected chi connectivity index (χ3v) is 4.24. The van der Waals surface area contributed by atoms with Crippen LogP contribution in [-0.2, 0) is 0 Å². The third-order valence-electron chi connectivity index (χ3n) is 3.83. The minimum Gasteiger partial charge on any atom is -0.314 e. The maximum Gasteiger partial charge on any atom is 0.0438 e. The molecule has 2 unspecified atom stereocenters. The third kappa shape index (κ3) is 3.23. The zero-order valence-corrected chi connectivity index (χ0v) is 11.6. The summed E-state index contributed by atoms with van der Waals surface area (Å²) >= 11 is 6.21. The van der Waals surface area contributed by atoms with Crippen molar-refractivity contribution < 1.29 is 0 Å². The Balaban J connectivity index is 2.08. The molecular weight excluding hydrogens is 230 g/mol. The fourth-order valence-electron chi connectivity index (χ4n) is 2.83. The van der Waals surface area contributed by atoms with Gasteiger partial charge in [0.1, 0.15) is 0 Å². The Hall–Kier alpha value is -0.530. The lowest BCUT2D eigenvalue weighted by molar-refractivity contribution is 0.344. The van der Waals surface area contributed by atoms with E-state index in [1.807, 2.05) is 0 Å². The van der Waals surface area contributed by atoms with Crippen LogP contribution in [0.2, 0.25) is 5.02 Å². The van der Waals surface area contributed by atoms with Crippen LogP contribution in [0.15, 0.2) is 18.2 Å². The van der Waals surface area contributed by atoms with Gasteiger partial charge < -0.3 is 5.32 Å². The Bertz CT molecular complexity index is 373. The second-order valence-corrected chi connectivity index (χ2v) is 5.53. The maximum atomic E-state index is 6.21. The first kappa shape index (κ1) is 12.9. The van der Waals surface area contributed by atoms with Gasteiger partial charge in [-0.05, 0) is 55.8 Å². The van der Waals surface area contributed by atoms with Crippen LogP contribution in [0.25, 0.3) is 0 Å². The number of benzene rings is 1. The van der Waals surface area contributed by atoms with Crippen molar-refractivity contribution in [2.75, 3.05) is 6.54 Å². The van der Waals surface area contributed by atoms with E-state index in [9.17, 15) is 0 Å². The van der Waals surface area contributed by atoms with Crippen molar-refractivity contribution in [3.8, 4) is 0 Å². The predicted molar refractivity (Wildman–Crippen MR) is 74.9 cm³/mol. The summed E-state index contributed by atoms with van der Waals surface area (Å²) in [5.41, 5.74) is 2.60. The van der Waals surface area contributed by atoms with Crippen LogP contribution in [0, 0.1) is 6.92 Å². The molecule has 1 saturated carbocycles. The standard InChI is InChI=1S/C15H22ClN/c1-3-17-14-6-4-5-12(9-14)13-8-7-11(2)15(16)10-13/h7-8,10,12,14,17H,3-6,9H2,1-2H3. The number of aryl methyl sites for hydroxylation is 1. The van der Waals surface area contributed by atoms with Gasteiger partial charge in [-0.15, -0.1) is 0 Å². The first-order chi connectivity index (χ1) is 8.20. The Morgan fingerprint density at radius 3 is 2.88 bits per heavy atom. The molecule has 17 heavy (non-hydrogen) atoms. The second kappa shape index (κ2) is 5.88. The highest BCUT2D eigenvalue weighted by Crippen LogP contribution is 2.34. The van der Waals surface area contributed by atoms with Crippen molar-refractivity contribution in [1.29, 1.82) is 0 Å². The van der Waals surface area contributed by atoms with Crippen molar-refractivity contribution >= 4 is 11.6 Å². The molecule has 0 spiro atoms. The molecule has 0 aliphatic heterocycles. The molecular formula is C15H22ClN. The quantitative estimate of drug-likeness (QED) is 0.845. The van der Waals surface area contributed by atoms with Gasteiger partial charge in [-0.3, -0.25) is 0 Å². The molecule has 1 nitrogen and oxygen atoms in total. The van der Waals surface area contributed by atoms with E-state index in [4.69, 9.17) is 11.6 Å². The summed E-state index contributed by atoms with van der Waals surface area (Å²) in [5, 5.41) is 4.49. The summed E-state index contributed by atoms with van der Waals surface area (Å²) in [6.45, 7) is 5.33. The first-order valence-corrected chi connectivity index (χ1v) is 7.08. The summed E-state index contributed by atoms with van der Waals surface area (Å²) in [6.07, 6.45) is 5.21. The largest absolute Gasteiger partial charge is 0.314 e. The summed E-state index contributed by atoms with van der Waals surface area (Å²) in [4.78, 5) is 0. The average molecular weight is 252 g/mol. The topological polar surface area (TPSA) is 12.0 Å². The van der Waals surface area contributed by atoms with E-state index in [-0.39, 0.29) is 0 Å². The van der Waals surface area contributed by atoms with Gasteiger partial charge in [0.2, 0.25) is 0 Å². The number of nitrogens with one attached hydrogen (secondary N) is 1. The summed E-state index contributed by atoms with van der Waals surface area (Å²) < 4.78 is 0. The lowest BCUT2D eigenvalue weighted by Gasteiger charge is -2.30. The van der Waals surface area contributed by atoms with Crippen molar-refractivity contribution in [2.24, 2.45) is 0 Å². The maximum absolute atomic E-state index is 6.21. The Kier molecular flexibility index (Phi) is 4.47. The van der Waals surface area contributed by atoms with E-state index >= 15 is 0 Å². The highest BCUT2D eigenvalue weighted by atomic mass is 35.5. The van der Waals surface area contributed by atoms with Gasteiger partial charge in [-0.1, -0.05) is 37.1 Å². The molecule has 1 fully saturated rings. The van der Waals surface area contributed by atoms with Gasteiger partial charge in [0, 0.05) is 11.1 Å². The molecule has 1 aromatic rings. The number of hydrogen-bond acceptors (Lipinski definition) is 1. The fraction of sp³-hybridized carbons (Fsp3) is 0.600. The minimum atomic E-state index is 0.686. The fourth-order valence-corrected chi connectivity index (χ4v) is 3.02. The van der Waals surface area contributed by atoms with Crippen molar-refractivity contribution in [1.82, 2.24) is 5.32 Å². The lowest BCUT2D eigenvalue weighted by Crippen LogP contribution is -2.33. The van der Waals surface area contributed by atoms with Gasteiger partial charge in [-0.25, -0.2) is 0 Å². The second-order valence-electron chi connectivity index (χ2n) is 5.13. The molecule has 2 rings (SSSR count). The zero-order valence-electron chi connectivity index (χ0n) is 10.8. The summed E-state index contributed by atoms with van der Waals surface area (Å²) in [5.74, 6) is 0.686. The monoisotopic (exact) mass is 251 g/mol. The SMILES string of the molecule is CCNC1CCCC(c2ccc(C)c(Cl)c2)C1. The molecule has 1 aromatic carbocycles. The Morgan fingerprint density at radius 1 is 1.35 bits per heavy atom. The number of halogens is 1. The Morgan fingerprint density at radius 2 is 2.18 bits per heavy atom. The molecule has 1 aliphatic carbocycles. The van der Waals surface area contributed by atoms with E-state index in [1.54, 1.807) is 0 Å². The van der Waals surface area contributed by atoms with E-state index in [0.29, 0.717) is 12.0 Å².